The highest BCUT2D eigenvalue weighted by Crippen LogP contribution is 2.38. The Balaban J connectivity index is 0.000000676. The van der Waals surface area contributed by atoms with Crippen molar-refractivity contribution in [1.82, 2.24) is 25.9 Å². The van der Waals surface area contributed by atoms with Gasteiger partial charge in [-0.1, -0.05) is 29.5 Å². The standard InChI is InChI=1S/C23H24N8O3S3.C2HF3O2/c1-13-5-3-8-16(27-23(32)26-10-9-19-28-30-31-29-19)20(13)14-6-4-7-15(11-14)37(33,34)18-12-17(21(24)25)36-22(18)35-2;3-2(4,5)1(6)7/h3-8,11-12H,9-10H2,1-2H3,(H3,24,25)(H2,26,27,32)(H,28,29,30,31);(H,6,7). The number of nitrogens with zero attached hydrogens (tertiary/aromatic N) is 3. The summed E-state index contributed by atoms with van der Waals surface area (Å²) in [6.45, 7) is 2.20. The molecule has 13 nitrogen and oxygen atoms in total. The van der Waals surface area contributed by atoms with Crippen LogP contribution < -0.4 is 16.4 Å². The quantitative estimate of drug-likeness (QED) is 0.0852. The largest absolute Gasteiger partial charge is 0.490 e. The third-order valence-electron chi connectivity index (χ3n) is 5.63. The van der Waals surface area contributed by atoms with E-state index in [1.165, 1.54) is 35.2 Å². The topological polar surface area (TPSA) is 217 Å². The van der Waals surface area contributed by atoms with Gasteiger partial charge in [0.05, 0.1) is 24.6 Å². The fourth-order valence-electron chi connectivity index (χ4n) is 3.66. The number of aromatic amines is 1. The lowest BCUT2D eigenvalue weighted by Crippen LogP contribution is -2.30. The van der Waals surface area contributed by atoms with E-state index in [4.69, 9.17) is 21.0 Å². The zero-order valence-electron chi connectivity index (χ0n) is 22.9. The number of amidine groups is 1. The molecule has 0 saturated carbocycles. The van der Waals surface area contributed by atoms with Crippen LogP contribution in [0, 0.1) is 12.3 Å². The summed E-state index contributed by atoms with van der Waals surface area (Å²) in [5.74, 6) is -2.45. The number of aromatic nitrogens is 4. The van der Waals surface area contributed by atoms with Crippen molar-refractivity contribution in [2.75, 3.05) is 18.1 Å². The van der Waals surface area contributed by atoms with Gasteiger partial charge in [0.2, 0.25) is 9.84 Å². The molecule has 0 aliphatic rings. The first-order valence-corrected chi connectivity index (χ1v) is 15.7. The van der Waals surface area contributed by atoms with Crippen molar-refractivity contribution in [2.45, 2.75) is 33.5 Å². The molecule has 7 N–H and O–H groups in total. The zero-order valence-corrected chi connectivity index (χ0v) is 25.3. The third kappa shape index (κ3) is 8.54. The number of carboxylic acids is 1. The first kappa shape index (κ1) is 34.0. The van der Waals surface area contributed by atoms with E-state index in [0.29, 0.717) is 44.7 Å². The van der Waals surface area contributed by atoms with Crippen LogP contribution in [0.2, 0.25) is 0 Å². The second-order valence-electron chi connectivity index (χ2n) is 8.67. The van der Waals surface area contributed by atoms with Crippen LogP contribution in [0.1, 0.15) is 16.3 Å². The van der Waals surface area contributed by atoms with Crippen LogP contribution >= 0.6 is 23.1 Å². The summed E-state index contributed by atoms with van der Waals surface area (Å²) in [5.41, 5.74) is 8.33. The van der Waals surface area contributed by atoms with Crippen LogP contribution in [0.15, 0.2) is 62.5 Å². The molecule has 0 unspecified atom stereocenters. The number of benzene rings is 2. The number of H-pyrrole nitrogens is 1. The first-order chi connectivity index (χ1) is 20.6. The predicted octanol–water partition coefficient (Wildman–Crippen LogP) is 4.07. The minimum Gasteiger partial charge on any atom is -0.475 e. The number of hydrogen-bond donors (Lipinski definition) is 6. The minimum atomic E-state index is -5.08. The maximum absolute atomic E-state index is 13.6. The molecular weight excluding hydrogens is 646 g/mol. The van der Waals surface area contributed by atoms with Crippen molar-refractivity contribution in [2.24, 2.45) is 5.73 Å². The van der Waals surface area contributed by atoms with Crippen LogP contribution in [0.3, 0.4) is 0 Å². The van der Waals surface area contributed by atoms with Gasteiger partial charge in [-0.15, -0.1) is 33.3 Å². The molecule has 0 aliphatic carbocycles. The third-order valence-corrected chi connectivity index (χ3v) is 9.96. The fraction of sp³-hybridized carbons (Fsp3) is 0.200. The average Bonchev–Trinajstić information content (AvgIpc) is 3.64. The van der Waals surface area contributed by atoms with Gasteiger partial charge in [0.25, 0.3) is 0 Å². The Morgan fingerprint density at radius 3 is 2.45 bits per heavy atom. The number of rotatable bonds is 9. The minimum absolute atomic E-state index is 0.104. The number of alkyl halides is 3. The van der Waals surface area contributed by atoms with Crippen LogP contribution in [0.25, 0.3) is 11.1 Å². The van der Waals surface area contributed by atoms with Crippen molar-refractivity contribution in [3.63, 3.8) is 0 Å². The second-order valence-corrected chi connectivity index (χ2v) is 12.7. The fourth-order valence-corrected chi connectivity index (χ4v) is 7.57. The number of amides is 2. The Morgan fingerprint density at radius 1 is 1.18 bits per heavy atom. The molecule has 2 amide bonds. The summed E-state index contributed by atoms with van der Waals surface area (Å²) >= 11 is 2.47. The number of carboxylic acid groups (broad SMARTS) is 1. The lowest BCUT2D eigenvalue weighted by molar-refractivity contribution is -0.192. The van der Waals surface area contributed by atoms with E-state index < -0.39 is 28.0 Å². The van der Waals surface area contributed by atoms with Gasteiger partial charge in [-0.05, 0) is 48.6 Å². The van der Waals surface area contributed by atoms with E-state index >= 15 is 0 Å². The molecule has 0 fully saturated rings. The highest BCUT2D eigenvalue weighted by Gasteiger charge is 2.38. The Morgan fingerprint density at radius 2 is 1.86 bits per heavy atom. The molecule has 234 valence electrons. The molecule has 0 saturated heterocycles. The van der Waals surface area contributed by atoms with Gasteiger partial charge in [-0.25, -0.2) is 18.0 Å². The summed E-state index contributed by atoms with van der Waals surface area (Å²) in [6.07, 6.45) is -2.89. The number of nitrogen functional groups attached to an aromatic ring is 1. The number of sulfone groups is 1. The Bertz CT molecular complexity index is 1760. The number of aliphatic carboxylic acids is 1. The molecule has 0 aliphatic heterocycles. The highest BCUT2D eigenvalue weighted by atomic mass is 32.2. The monoisotopic (exact) mass is 670 g/mol. The smallest absolute Gasteiger partial charge is 0.475 e. The molecule has 2 heterocycles. The Kier molecular flexibility index (Phi) is 11.1. The molecule has 2 aromatic carbocycles. The maximum Gasteiger partial charge on any atom is 0.490 e. The molecule has 0 radical (unpaired) electrons. The molecule has 19 heteroatoms. The number of thiophene rings is 1. The first-order valence-electron chi connectivity index (χ1n) is 12.2. The van der Waals surface area contributed by atoms with Gasteiger partial charge in [0.1, 0.15) is 5.84 Å². The number of thioether (sulfide) groups is 1. The molecule has 0 spiro atoms. The molecule has 0 atom stereocenters. The highest BCUT2D eigenvalue weighted by molar-refractivity contribution is 8.01. The summed E-state index contributed by atoms with van der Waals surface area (Å²) in [4.78, 5) is 22.1. The number of halogens is 3. The van der Waals surface area contributed by atoms with Gasteiger partial charge >= 0.3 is 18.2 Å². The van der Waals surface area contributed by atoms with Crippen LogP contribution in [-0.4, -0.2) is 71.0 Å². The normalized spacial score (nSPS) is 11.3. The Labute approximate surface area is 256 Å². The lowest BCUT2D eigenvalue weighted by atomic mass is 9.98. The zero-order chi connectivity index (χ0) is 32.7. The summed E-state index contributed by atoms with van der Waals surface area (Å²) < 4.78 is 59.5. The summed E-state index contributed by atoms with van der Waals surface area (Å²) in [6, 6.07) is 13.1. The van der Waals surface area contributed by atoms with Crippen LogP contribution in [0.5, 0.6) is 0 Å². The number of carbonyl (C=O) groups is 2. The molecule has 44 heavy (non-hydrogen) atoms. The molecule has 0 bridgehead atoms. The molecular formula is C25H25F3N8O5S3. The summed E-state index contributed by atoms with van der Waals surface area (Å²) in [5, 5.41) is 34.0. The van der Waals surface area contributed by atoms with Crippen LogP contribution in [0.4, 0.5) is 23.7 Å². The van der Waals surface area contributed by atoms with E-state index in [9.17, 15) is 26.4 Å². The maximum atomic E-state index is 13.6. The number of tetrazole rings is 1. The van der Waals surface area contributed by atoms with Crippen molar-refractivity contribution >= 4 is 56.5 Å². The van der Waals surface area contributed by atoms with Gasteiger partial charge in [-0.3, -0.25) is 5.41 Å². The second kappa shape index (κ2) is 14.3. The van der Waals surface area contributed by atoms with Crippen molar-refractivity contribution in [3.8, 4) is 11.1 Å². The SMILES string of the molecule is CSc1sc(C(=N)N)cc1S(=O)(=O)c1cccc(-c2c(C)cccc2NC(=O)NCCc2nn[nH]n2)c1.O=C(O)C(F)(F)F. The van der Waals surface area contributed by atoms with E-state index in [2.05, 4.69) is 31.3 Å². The number of aryl methyl sites for hydroxylation is 1. The van der Waals surface area contributed by atoms with E-state index in [-0.39, 0.29) is 15.6 Å². The predicted molar refractivity (Wildman–Crippen MR) is 158 cm³/mol. The number of anilines is 1. The number of hydrogen-bond acceptors (Lipinski definition) is 10. The van der Waals surface area contributed by atoms with Crippen molar-refractivity contribution < 1.29 is 36.3 Å². The number of urea groups is 1. The van der Waals surface area contributed by atoms with Crippen molar-refractivity contribution in [1.29, 1.82) is 5.41 Å². The average molecular weight is 671 g/mol. The number of nitrogens with two attached hydrogens (primary N) is 1. The van der Waals surface area contributed by atoms with Gasteiger partial charge in [-0.2, -0.15) is 18.4 Å². The van der Waals surface area contributed by atoms with Gasteiger partial charge in [0.15, 0.2) is 5.82 Å². The van der Waals surface area contributed by atoms with E-state index in [1.807, 2.05) is 19.1 Å². The van der Waals surface area contributed by atoms with Crippen molar-refractivity contribution in [3.05, 3.63) is 64.8 Å². The molecule has 2 aromatic heterocycles. The van der Waals surface area contributed by atoms with Gasteiger partial charge < -0.3 is 21.5 Å². The number of carbonyl (C=O) groups excluding carboxylic acids is 1. The lowest BCUT2D eigenvalue weighted by Gasteiger charge is -2.15. The molecule has 4 rings (SSSR count). The van der Waals surface area contributed by atoms with E-state index in [1.54, 1.807) is 30.5 Å². The van der Waals surface area contributed by atoms with Gasteiger partial charge in [0, 0.05) is 18.5 Å². The Hall–Kier alpha value is -4.49. The summed E-state index contributed by atoms with van der Waals surface area (Å²) in [7, 11) is -3.89. The molecule has 4 aromatic rings. The van der Waals surface area contributed by atoms with E-state index in [0.717, 1.165) is 5.56 Å². The number of nitrogens with one attached hydrogen (secondary N) is 4. The van der Waals surface area contributed by atoms with Crippen LogP contribution in [-0.2, 0) is 21.1 Å².